The number of thiophene rings is 1. The molecule has 3 rings (SSSR count). The molecule has 28 heavy (non-hydrogen) atoms. The summed E-state index contributed by atoms with van der Waals surface area (Å²) in [4.78, 5) is 1.19. The highest BCUT2D eigenvalue weighted by atomic mass is 35.5. The van der Waals surface area contributed by atoms with Gasteiger partial charge in [0.15, 0.2) is 11.5 Å². The second kappa shape index (κ2) is 11.9. The highest BCUT2D eigenvalue weighted by Crippen LogP contribution is 2.29. The molecule has 0 radical (unpaired) electrons. The van der Waals surface area contributed by atoms with Crippen molar-refractivity contribution in [3.63, 3.8) is 0 Å². The van der Waals surface area contributed by atoms with Crippen LogP contribution in [0.1, 0.15) is 16.9 Å². The van der Waals surface area contributed by atoms with E-state index in [1.165, 1.54) is 10.4 Å². The number of thioether (sulfide) groups is 1. The van der Waals surface area contributed by atoms with E-state index in [1.807, 2.05) is 30.6 Å². The lowest BCUT2D eigenvalue weighted by molar-refractivity contribution is 0.287. The van der Waals surface area contributed by atoms with Gasteiger partial charge in [-0.25, -0.2) is 4.68 Å². The first-order chi connectivity index (χ1) is 13.3. The summed E-state index contributed by atoms with van der Waals surface area (Å²) in [5, 5.41) is 17.8. The summed E-state index contributed by atoms with van der Waals surface area (Å²) in [6, 6.07) is 10.2. The lowest BCUT2D eigenvalue weighted by atomic mass is 10.2. The number of rotatable bonds is 11. The molecule has 0 bridgehead atoms. The van der Waals surface area contributed by atoms with Gasteiger partial charge in [-0.3, -0.25) is 0 Å². The standard InChI is InChI=1S/C18H23N5O2S2.ClH/c1-23-18(20-21-22-23)27-10-4-8-19-12-14-6-7-16(17(11-14)24-2)25-13-15-5-3-9-26-15;/h3,5-7,9,11,19H,4,8,10,12-13H2,1-2H3;1H. The van der Waals surface area contributed by atoms with Crippen molar-refractivity contribution in [3.8, 4) is 11.5 Å². The molecule has 0 aliphatic carbocycles. The average Bonchev–Trinajstić information content (AvgIpc) is 3.35. The van der Waals surface area contributed by atoms with Gasteiger partial charge in [0.25, 0.3) is 0 Å². The van der Waals surface area contributed by atoms with E-state index in [2.05, 4.69) is 33.0 Å². The molecule has 1 N–H and O–H groups in total. The molecule has 7 nitrogen and oxygen atoms in total. The average molecular weight is 442 g/mol. The Morgan fingerprint density at radius 3 is 2.86 bits per heavy atom. The van der Waals surface area contributed by atoms with Gasteiger partial charge in [-0.1, -0.05) is 23.9 Å². The van der Waals surface area contributed by atoms with E-state index < -0.39 is 0 Å². The molecule has 152 valence electrons. The maximum absolute atomic E-state index is 5.87. The van der Waals surface area contributed by atoms with E-state index >= 15 is 0 Å². The van der Waals surface area contributed by atoms with Gasteiger partial charge in [0, 0.05) is 24.2 Å². The molecule has 0 fully saturated rings. The van der Waals surface area contributed by atoms with E-state index in [1.54, 1.807) is 34.9 Å². The van der Waals surface area contributed by atoms with Crippen molar-refractivity contribution in [3.05, 3.63) is 46.2 Å². The molecular formula is C18H24ClN5O2S2. The molecule has 0 saturated heterocycles. The van der Waals surface area contributed by atoms with Gasteiger partial charge in [-0.2, -0.15) is 0 Å². The molecule has 0 aliphatic rings. The highest BCUT2D eigenvalue weighted by molar-refractivity contribution is 7.99. The smallest absolute Gasteiger partial charge is 0.209 e. The first-order valence-electron chi connectivity index (χ1n) is 8.64. The first kappa shape index (κ1) is 22.5. The molecule has 2 aromatic heterocycles. The Morgan fingerprint density at radius 2 is 2.14 bits per heavy atom. The molecule has 2 heterocycles. The fourth-order valence-electron chi connectivity index (χ4n) is 2.42. The van der Waals surface area contributed by atoms with Gasteiger partial charge in [0.05, 0.1) is 7.11 Å². The number of ether oxygens (including phenoxy) is 2. The summed E-state index contributed by atoms with van der Waals surface area (Å²) >= 11 is 3.35. The minimum Gasteiger partial charge on any atom is -0.493 e. The summed E-state index contributed by atoms with van der Waals surface area (Å²) in [6.45, 7) is 2.28. The predicted octanol–water partition coefficient (Wildman–Crippen LogP) is 3.55. The molecule has 0 saturated carbocycles. The van der Waals surface area contributed by atoms with Crippen LogP contribution < -0.4 is 14.8 Å². The minimum atomic E-state index is 0. The largest absolute Gasteiger partial charge is 0.493 e. The van der Waals surface area contributed by atoms with Gasteiger partial charge in [-0.15, -0.1) is 28.8 Å². The third-order valence-corrected chi connectivity index (χ3v) is 5.76. The Balaban J connectivity index is 0.00000280. The van der Waals surface area contributed by atoms with Crippen LogP contribution in [-0.2, 0) is 20.2 Å². The van der Waals surface area contributed by atoms with Crippen LogP contribution in [0.5, 0.6) is 11.5 Å². The second-order valence-corrected chi connectivity index (χ2v) is 7.91. The molecule has 0 atom stereocenters. The van der Waals surface area contributed by atoms with E-state index in [0.29, 0.717) is 6.61 Å². The SMILES string of the molecule is COc1cc(CNCCCSc2nnnn2C)ccc1OCc1cccs1.Cl. The minimum absolute atomic E-state index is 0. The van der Waals surface area contributed by atoms with Gasteiger partial charge < -0.3 is 14.8 Å². The van der Waals surface area contributed by atoms with Crippen molar-refractivity contribution >= 4 is 35.5 Å². The second-order valence-electron chi connectivity index (χ2n) is 5.82. The van der Waals surface area contributed by atoms with Gasteiger partial charge in [0.2, 0.25) is 5.16 Å². The predicted molar refractivity (Wildman–Crippen MR) is 115 cm³/mol. The van der Waals surface area contributed by atoms with Crippen LogP contribution in [0.15, 0.2) is 40.9 Å². The van der Waals surface area contributed by atoms with Crippen molar-refractivity contribution in [2.75, 3.05) is 19.4 Å². The number of tetrazole rings is 1. The Morgan fingerprint density at radius 1 is 1.25 bits per heavy atom. The van der Waals surface area contributed by atoms with Crippen molar-refractivity contribution in [1.82, 2.24) is 25.5 Å². The van der Waals surface area contributed by atoms with Crippen LogP contribution in [-0.4, -0.2) is 39.6 Å². The molecule has 0 amide bonds. The number of aromatic nitrogens is 4. The lowest BCUT2D eigenvalue weighted by Gasteiger charge is -2.12. The van der Waals surface area contributed by atoms with Crippen molar-refractivity contribution in [1.29, 1.82) is 0 Å². The molecule has 0 aliphatic heterocycles. The number of nitrogens with one attached hydrogen (secondary N) is 1. The van der Waals surface area contributed by atoms with E-state index in [9.17, 15) is 0 Å². The van der Waals surface area contributed by atoms with Crippen LogP contribution in [0.4, 0.5) is 0 Å². The van der Waals surface area contributed by atoms with Gasteiger partial charge in [-0.05, 0) is 52.5 Å². The third-order valence-electron chi connectivity index (χ3n) is 3.82. The summed E-state index contributed by atoms with van der Waals surface area (Å²) in [5.74, 6) is 2.50. The number of benzene rings is 1. The molecule has 1 aromatic carbocycles. The van der Waals surface area contributed by atoms with E-state index in [-0.39, 0.29) is 12.4 Å². The Bertz CT molecular complexity index is 829. The molecule has 10 heteroatoms. The van der Waals surface area contributed by atoms with Crippen LogP contribution in [0.25, 0.3) is 0 Å². The lowest BCUT2D eigenvalue weighted by Crippen LogP contribution is -2.15. The fourth-order valence-corrected chi connectivity index (χ4v) is 3.83. The van der Waals surface area contributed by atoms with Crippen molar-refractivity contribution in [2.24, 2.45) is 7.05 Å². The van der Waals surface area contributed by atoms with Crippen LogP contribution in [0.3, 0.4) is 0 Å². The number of aryl methyl sites for hydroxylation is 1. The van der Waals surface area contributed by atoms with E-state index in [0.717, 1.165) is 41.9 Å². The Hall–Kier alpha value is -1.81. The van der Waals surface area contributed by atoms with Crippen molar-refractivity contribution in [2.45, 2.75) is 24.7 Å². The Kier molecular flexibility index (Phi) is 9.56. The zero-order valence-electron chi connectivity index (χ0n) is 15.8. The molecule has 0 unspecified atom stereocenters. The Labute approximate surface area is 179 Å². The van der Waals surface area contributed by atoms with Crippen molar-refractivity contribution < 1.29 is 9.47 Å². The zero-order valence-corrected chi connectivity index (χ0v) is 18.3. The first-order valence-corrected chi connectivity index (χ1v) is 10.5. The monoisotopic (exact) mass is 441 g/mol. The molecule has 0 spiro atoms. The quantitative estimate of drug-likeness (QED) is 0.360. The van der Waals surface area contributed by atoms with Crippen LogP contribution >= 0.6 is 35.5 Å². The van der Waals surface area contributed by atoms with Gasteiger partial charge in [0.1, 0.15) is 6.61 Å². The normalized spacial score (nSPS) is 10.5. The molecular weight excluding hydrogens is 418 g/mol. The number of halogens is 1. The number of hydrogen-bond donors (Lipinski definition) is 1. The summed E-state index contributed by atoms with van der Waals surface area (Å²) in [5.41, 5.74) is 1.17. The zero-order chi connectivity index (χ0) is 18.9. The van der Waals surface area contributed by atoms with Gasteiger partial charge >= 0.3 is 0 Å². The maximum Gasteiger partial charge on any atom is 0.209 e. The van der Waals surface area contributed by atoms with E-state index in [4.69, 9.17) is 9.47 Å². The summed E-state index contributed by atoms with van der Waals surface area (Å²) < 4.78 is 13.0. The summed E-state index contributed by atoms with van der Waals surface area (Å²) in [6.07, 6.45) is 1.04. The van der Waals surface area contributed by atoms with Crippen LogP contribution in [0, 0.1) is 0 Å². The third kappa shape index (κ3) is 6.66. The summed E-state index contributed by atoms with van der Waals surface area (Å²) in [7, 11) is 3.52. The number of nitrogens with zero attached hydrogens (tertiary/aromatic N) is 4. The fraction of sp³-hybridized carbons (Fsp3) is 0.389. The highest BCUT2D eigenvalue weighted by Gasteiger charge is 2.07. The number of hydrogen-bond acceptors (Lipinski definition) is 8. The van der Waals surface area contributed by atoms with Crippen LogP contribution in [0.2, 0.25) is 0 Å². The number of methoxy groups -OCH3 is 1. The maximum atomic E-state index is 5.87. The molecule has 3 aromatic rings. The topological polar surface area (TPSA) is 74.1 Å².